The summed E-state index contributed by atoms with van der Waals surface area (Å²) in [5, 5.41) is 5.80. The van der Waals surface area contributed by atoms with E-state index < -0.39 is 0 Å². The predicted octanol–water partition coefficient (Wildman–Crippen LogP) is 2.09. The summed E-state index contributed by atoms with van der Waals surface area (Å²) in [7, 11) is 1.86. The van der Waals surface area contributed by atoms with Crippen molar-refractivity contribution in [1.82, 2.24) is 10.6 Å². The van der Waals surface area contributed by atoms with Crippen molar-refractivity contribution in [2.45, 2.75) is 12.8 Å². The summed E-state index contributed by atoms with van der Waals surface area (Å²) < 4.78 is 0.778. The maximum absolute atomic E-state index is 11.3. The lowest BCUT2D eigenvalue weighted by molar-refractivity contribution is -0.121. The van der Waals surface area contributed by atoms with Crippen molar-refractivity contribution < 1.29 is 4.79 Å². The summed E-state index contributed by atoms with van der Waals surface area (Å²) in [6.45, 7) is 1.48. The highest BCUT2D eigenvalue weighted by atomic mass is 35.5. The molecule has 0 aliphatic rings. The van der Waals surface area contributed by atoms with E-state index in [1.807, 2.05) is 19.2 Å². The van der Waals surface area contributed by atoms with Gasteiger partial charge in [0.1, 0.15) is 0 Å². The van der Waals surface area contributed by atoms with Crippen LogP contribution in [0.15, 0.2) is 12.1 Å². The van der Waals surface area contributed by atoms with Crippen LogP contribution in [0, 0.1) is 0 Å². The van der Waals surface area contributed by atoms with Gasteiger partial charge in [0, 0.05) is 24.4 Å². The van der Waals surface area contributed by atoms with Crippen molar-refractivity contribution >= 4 is 41.3 Å². The number of halogens is 2. The Morgan fingerprint density at radius 3 is 2.75 bits per heavy atom. The lowest BCUT2D eigenvalue weighted by atomic mass is 10.2. The summed E-state index contributed by atoms with van der Waals surface area (Å²) in [4.78, 5) is 12.5. The molecule has 0 aromatic carbocycles. The number of aryl methyl sites for hydroxylation is 1. The molecule has 1 aromatic heterocycles. The minimum Gasteiger partial charge on any atom is -0.355 e. The first-order valence-electron chi connectivity index (χ1n) is 4.88. The van der Waals surface area contributed by atoms with E-state index in [9.17, 15) is 4.79 Å². The maximum atomic E-state index is 11.3. The van der Waals surface area contributed by atoms with Crippen molar-refractivity contribution in [3.05, 3.63) is 21.3 Å². The fourth-order valence-corrected chi connectivity index (χ4v) is 2.23. The van der Waals surface area contributed by atoms with Gasteiger partial charge in [0.05, 0.1) is 4.34 Å². The number of amides is 1. The van der Waals surface area contributed by atoms with Crippen LogP contribution in [-0.2, 0) is 11.2 Å². The smallest absolute Gasteiger partial charge is 0.220 e. The van der Waals surface area contributed by atoms with E-state index in [4.69, 9.17) is 11.6 Å². The number of carbonyl (C=O) groups is 1. The second-order valence-electron chi connectivity index (χ2n) is 3.16. The van der Waals surface area contributed by atoms with Gasteiger partial charge in [-0.1, -0.05) is 11.6 Å². The largest absolute Gasteiger partial charge is 0.355 e. The zero-order chi connectivity index (χ0) is 11.1. The van der Waals surface area contributed by atoms with Gasteiger partial charge in [-0.3, -0.25) is 4.79 Å². The summed E-state index contributed by atoms with van der Waals surface area (Å²) in [6, 6.07) is 3.83. The molecule has 0 atom stereocenters. The molecule has 1 rings (SSSR count). The molecule has 16 heavy (non-hydrogen) atoms. The molecule has 0 aliphatic heterocycles. The minimum absolute atomic E-state index is 0. The molecule has 1 heterocycles. The Balaban J connectivity index is 0.00000225. The van der Waals surface area contributed by atoms with Crippen molar-refractivity contribution in [2.24, 2.45) is 0 Å². The van der Waals surface area contributed by atoms with Crippen LogP contribution >= 0.6 is 35.3 Å². The Morgan fingerprint density at radius 1 is 1.44 bits per heavy atom. The molecule has 6 heteroatoms. The third-order valence-corrected chi connectivity index (χ3v) is 3.22. The van der Waals surface area contributed by atoms with Gasteiger partial charge in [-0.05, 0) is 25.6 Å². The van der Waals surface area contributed by atoms with E-state index in [0.717, 1.165) is 22.2 Å². The Labute approximate surface area is 111 Å². The van der Waals surface area contributed by atoms with E-state index in [2.05, 4.69) is 10.6 Å². The van der Waals surface area contributed by atoms with Crippen LogP contribution in [0.4, 0.5) is 0 Å². The van der Waals surface area contributed by atoms with E-state index in [-0.39, 0.29) is 18.3 Å². The molecular weight excluding hydrogens is 267 g/mol. The van der Waals surface area contributed by atoms with Gasteiger partial charge < -0.3 is 10.6 Å². The van der Waals surface area contributed by atoms with Crippen LogP contribution in [0.5, 0.6) is 0 Å². The monoisotopic (exact) mass is 282 g/mol. The van der Waals surface area contributed by atoms with E-state index in [1.165, 1.54) is 11.3 Å². The van der Waals surface area contributed by atoms with Crippen LogP contribution in [-0.4, -0.2) is 26.0 Å². The van der Waals surface area contributed by atoms with Crippen molar-refractivity contribution in [3.8, 4) is 0 Å². The number of nitrogens with one attached hydrogen (secondary N) is 2. The highest BCUT2D eigenvalue weighted by Gasteiger charge is 2.03. The number of thiophene rings is 1. The average Bonchev–Trinajstić information content (AvgIpc) is 2.62. The minimum atomic E-state index is 0. The molecule has 0 radical (unpaired) electrons. The van der Waals surface area contributed by atoms with Gasteiger partial charge in [0.25, 0.3) is 0 Å². The molecule has 1 aromatic rings. The zero-order valence-electron chi connectivity index (χ0n) is 9.09. The highest BCUT2D eigenvalue weighted by Crippen LogP contribution is 2.22. The van der Waals surface area contributed by atoms with Crippen LogP contribution in [0.3, 0.4) is 0 Å². The van der Waals surface area contributed by atoms with Crippen LogP contribution < -0.4 is 10.6 Å². The first kappa shape index (κ1) is 15.7. The zero-order valence-corrected chi connectivity index (χ0v) is 11.5. The molecule has 0 spiro atoms. The molecule has 2 N–H and O–H groups in total. The van der Waals surface area contributed by atoms with Crippen LogP contribution in [0.1, 0.15) is 11.3 Å². The second-order valence-corrected chi connectivity index (χ2v) is 4.96. The normalized spacial score (nSPS) is 9.62. The van der Waals surface area contributed by atoms with E-state index in [0.29, 0.717) is 13.0 Å². The number of hydrogen-bond donors (Lipinski definition) is 2. The molecular formula is C10H16Cl2N2OS. The average molecular weight is 283 g/mol. The summed E-state index contributed by atoms with van der Waals surface area (Å²) in [5.41, 5.74) is 0. The van der Waals surface area contributed by atoms with Crippen molar-refractivity contribution in [3.63, 3.8) is 0 Å². The van der Waals surface area contributed by atoms with Gasteiger partial charge in [0.2, 0.25) is 5.91 Å². The Bertz CT molecular complexity index is 318. The molecule has 0 fully saturated rings. The van der Waals surface area contributed by atoms with Crippen LogP contribution in [0.25, 0.3) is 0 Å². The molecule has 0 unspecified atom stereocenters. The summed E-state index contributed by atoms with van der Waals surface area (Å²) >= 11 is 7.32. The number of hydrogen-bond acceptors (Lipinski definition) is 3. The third-order valence-electron chi connectivity index (χ3n) is 1.92. The topological polar surface area (TPSA) is 41.1 Å². The quantitative estimate of drug-likeness (QED) is 0.785. The summed E-state index contributed by atoms with van der Waals surface area (Å²) in [5.74, 6) is 0.0924. The Morgan fingerprint density at radius 2 is 2.19 bits per heavy atom. The SMILES string of the molecule is CNCCNC(=O)CCc1ccc(Cl)s1.Cl. The first-order valence-corrected chi connectivity index (χ1v) is 6.07. The lowest BCUT2D eigenvalue weighted by Crippen LogP contribution is -2.30. The summed E-state index contributed by atoms with van der Waals surface area (Å²) in [6.07, 6.45) is 1.29. The Kier molecular flexibility index (Phi) is 8.66. The number of likely N-dealkylation sites (N-methyl/N-ethyl adjacent to an activating group) is 1. The molecule has 0 saturated heterocycles. The van der Waals surface area contributed by atoms with Gasteiger partial charge in [-0.15, -0.1) is 23.7 Å². The maximum Gasteiger partial charge on any atom is 0.220 e. The molecule has 0 aliphatic carbocycles. The molecule has 92 valence electrons. The fraction of sp³-hybridized carbons (Fsp3) is 0.500. The standard InChI is InChI=1S/C10H15ClN2OS.ClH/c1-12-6-7-13-10(14)5-3-8-2-4-9(11)15-8;/h2,4,12H,3,5-7H2,1H3,(H,13,14);1H. The lowest BCUT2D eigenvalue weighted by Gasteiger charge is -2.03. The number of carbonyl (C=O) groups excluding carboxylic acids is 1. The van der Waals surface area contributed by atoms with Gasteiger partial charge in [0.15, 0.2) is 0 Å². The number of rotatable bonds is 6. The van der Waals surface area contributed by atoms with Gasteiger partial charge in [-0.25, -0.2) is 0 Å². The molecule has 0 bridgehead atoms. The van der Waals surface area contributed by atoms with E-state index in [1.54, 1.807) is 0 Å². The predicted molar refractivity (Wildman–Crippen MR) is 71.8 cm³/mol. The van der Waals surface area contributed by atoms with E-state index >= 15 is 0 Å². The molecule has 0 saturated carbocycles. The van der Waals surface area contributed by atoms with Crippen LogP contribution in [0.2, 0.25) is 4.34 Å². The highest BCUT2D eigenvalue weighted by molar-refractivity contribution is 7.16. The van der Waals surface area contributed by atoms with Crippen molar-refractivity contribution in [1.29, 1.82) is 0 Å². The molecule has 1 amide bonds. The fourth-order valence-electron chi connectivity index (χ4n) is 1.14. The van der Waals surface area contributed by atoms with Gasteiger partial charge >= 0.3 is 0 Å². The van der Waals surface area contributed by atoms with Crippen molar-refractivity contribution in [2.75, 3.05) is 20.1 Å². The first-order chi connectivity index (χ1) is 7.22. The second kappa shape index (κ2) is 8.82. The third kappa shape index (κ3) is 6.33. The Hall–Kier alpha value is -0.290. The van der Waals surface area contributed by atoms with Gasteiger partial charge in [-0.2, -0.15) is 0 Å². The molecule has 3 nitrogen and oxygen atoms in total.